The van der Waals surface area contributed by atoms with Crippen molar-refractivity contribution in [1.29, 1.82) is 0 Å². The van der Waals surface area contributed by atoms with Crippen LogP contribution in [-0.4, -0.2) is 24.0 Å². The van der Waals surface area contributed by atoms with Crippen molar-refractivity contribution in [3.8, 4) is 0 Å². The number of rotatable bonds is 3. The number of hydrogen-bond acceptors (Lipinski definition) is 1. The topological polar surface area (TPSA) is 3.24 Å². The van der Waals surface area contributed by atoms with Gasteiger partial charge < -0.3 is 4.90 Å². The van der Waals surface area contributed by atoms with Gasteiger partial charge in [-0.1, -0.05) is 26.0 Å². The van der Waals surface area contributed by atoms with Gasteiger partial charge in [0.25, 0.3) is 0 Å². The van der Waals surface area contributed by atoms with E-state index in [1.165, 1.54) is 25.9 Å². The van der Waals surface area contributed by atoms with E-state index in [9.17, 15) is 0 Å². The molecule has 1 heteroatoms. The van der Waals surface area contributed by atoms with Crippen molar-refractivity contribution in [1.82, 2.24) is 4.90 Å². The maximum atomic E-state index is 2.53. The van der Waals surface area contributed by atoms with Crippen LogP contribution in [-0.2, 0) is 0 Å². The summed E-state index contributed by atoms with van der Waals surface area (Å²) in [5.74, 6) is 0. The minimum absolute atomic E-state index is 0.815. The molecule has 0 saturated heterocycles. The molecule has 0 N–H and O–H groups in total. The molecular weight excluding hydrogens is 122 g/mol. The first-order valence-electron chi connectivity index (χ1n) is 4.27. The molecule has 0 atom stereocenters. The lowest BCUT2D eigenvalue weighted by molar-refractivity contribution is 0.225. The Morgan fingerprint density at radius 1 is 1.20 bits per heavy atom. The van der Waals surface area contributed by atoms with E-state index < -0.39 is 0 Å². The molecule has 0 aromatic rings. The summed E-state index contributed by atoms with van der Waals surface area (Å²) >= 11 is 0. The molecule has 58 valence electrons. The van der Waals surface area contributed by atoms with Gasteiger partial charge in [-0.15, -0.1) is 0 Å². The van der Waals surface area contributed by atoms with Crippen LogP contribution in [0.5, 0.6) is 0 Å². The first-order chi connectivity index (χ1) is 4.88. The Labute approximate surface area is 63.7 Å². The van der Waals surface area contributed by atoms with Gasteiger partial charge in [0.15, 0.2) is 0 Å². The van der Waals surface area contributed by atoms with E-state index >= 15 is 0 Å². The molecule has 0 bridgehead atoms. The van der Waals surface area contributed by atoms with Crippen LogP contribution in [0.4, 0.5) is 0 Å². The first-order valence-corrected chi connectivity index (χ1v) is 4.27. The summed E-state index contributed by atoms with van der Waals surface area (Å²) in [5, 5.41) is 0. The molecule has 10 heavy (non-hydrogen) atoms. The van der Waals surface area contributed by atoms with Crippen LogP contribution in [0.25, 0.3) is 0 Å². The van der Waals surface area contributed by atoms with Crippen LogP contribution in [0.3, 0.4) is 0 Å². The largest absolute Gasteiger partial charge is 0.300 e. The molecule has 0 aliphatic heterocycles. The lowest BCUT2D eigenvalue weighted by atomic mass is 10.2. The molecule has 1 rings (SSSR count). The SMILES string of the molecule is CCN(CC)C1CC=CC1. The molecule has 0 spiro atoms. The van der Waals surface area contributed by atoms with E-state index in [2.05, 4.69) is 30.9 Å². The molecule has 0 unspecified atom stereocenters. The Kier molecular flexibility index (Phi) is 2.94. The van der Waals surface area contributed by atoms with Gasteiger partial charge in [0.2, 0.25) is 0 Å². The van der Waals surface area contributed by atoms with Crippen molar-refractivity contribution in [3.63, 3.8) is 0 Å². The minimum Gasteiger partial charge on any atom is -0.300 e. The van der Waals surface area contributed by atoms with Crippen molar-refractivity contribution in [2.45, 2.75) is 32.7 Å². The quantitative estimate of drug-likeness (QED) is 0.541. The number of hydrogen-bond donors (Lipinski definition) is 0. The standard InChI is InChI=1S/C9H17N/c1-3-10(4-2)9-7-5-6-8-9/h5-6,9H,3-4,7-8H2,1-2H3. The van der Waals surface area contributed by atoms with Gasteiger partial charge >= 0.3 is 0 Å². The second-order valence-corrected chi connectivity index (χ2v) is 2.82. The summed E-state index contributed by atoms with van der Waals surface area (Å²) in [6.07, 6.45) is 7.12. The summed E-state index contributed by atoms with van der Waals surface area (Å²) in [7, 11) is 0. The molecule has 0 saturated carbocycles. The van der Waals surface area contributed by atoms with E-state index in [1.807, 2.05) is 0 Å². The van der Waals surface area contributed by atoms with Gasteiger partial charge in [0.05, 0.1) is 0 Å². The molecular formula is C9H17N. The van der Waals surface area contributed by atoms with Crippen molar-refractivity contribution in [3.05, 3.63) is 12.2 Å². The lowest BCUT2D eigenvalue weighted by Gasteiger charge is -2.25. The Morgan fingerprint density at radius 3 is 2.10 bits per heavy atom. The Balaban J connectivity index is 2.31. The maximum absolute atomic E-state index is 2.53. The zero-order valence-electron chi connectivity index (χ0n) is 7.01. The zero-order chi connectivity index (χ0) is 7.40. The Morgan fingerprint density at radius 2 is 1.70 bits per heavy atom. The van der Waals surface area contributed by atoms with E-state index in [-0.39, 0.29) is 0 Å². The summed E-state index contributed by atoms with van der Waals surface area (Å²) in [4.78, 5) is 2.53. The fourth-order valence-electron chi connectivity index (χ4n) is 1.64. The number of nitrogens with zero attached hydrogens (tertiary/aromatic N) is 1. The molecule has 1 aliphatic carbocycles. The summed E-state index contributed by atoms with van der Waals surface area (Å²) < 4.78 is 0. The molecule has 0 radical (unpaired) electrons. The molecule has 0 heterocycles. The fourth-order valence-corrected chi connectivity index (χ4v) is 1.64. The smallest absolute Gasteiger partial charge is 0.0164 e. The van der Waals surface area contributed by atoms with Crippen molar-refractivity contribution in [2.75, 3.05) is 13.1 Å². The molecule has 0 aromatic heterocycles. The van der Waals surface area contributed by atoms with Crippen LogP contribution in [0.1, 0.15) is 26.7 Å². The van der Waals surface area contributed by atoms with Gasteiger partial charge in [-0.2, -0.15) is 0 Å². The van der Waals surface area contributed by atoms with E-state index in [4.69, 9.17) is 0 Å². The summed E-state index contributed by atoms with van der Waals surface area (Å²) in [6.45, 7) is 6.87. The highest BCUT2D eigenvalue weighted by atomic mass is 15.1. The van der Waals surface area contributed by atoms with Crippen LogP contribution in [0.2, 0.25) is 0 Å². The highest BCUT2D eigenvalue weighted by molar-refractivity contribution is 4.98. The molecule has 0 aromatic carbocycles. The maximum Gasteiger partial charge on any atom is 0.0164 e. The van der Waals surface area contributed by atoms with Gasteiger partial charge in [-0.05, 0) is 25.9 Å². The van der Waals surface area contributed by atoms with E-state index in [0.717, 1.165) is 6.04 Å². The average Bonchev–Trinajstić information content (AvgIpc) is 2.43. The predicted molar refractivity (Wildman–Crippen MR) is 45.1 cm³/mol. The van der Waals surface area contributed by atoms with Gasteiger partial charge in [-0.3, -0.25) is 0 Å². The molecule has 1 aliphatic rings. The van der Waals surface area contributed by atoms with E-state index in [0.29, 0.717) is 0 Å². The summed E-state index contributed by atoms with van der Waals surface area (Å²) in [5.41, 5.74) is 0. The van der Waals surface area contributed by atoms with E-state index in [1.54, 1.807) is 0 Å². The Hall–Kier alpha value is -0.300. The predicted octanol–water partition coefficient (Wildman–Crippen LogP) is 2.05. The van der Waals surface area contributed by atoms with Gasteiger partial charge in [0, 0.05) is 6.04 Å². The van der Waals surface area contributed by atoms with Crippen molar-refractivity contribution >= 4 is 0 Å². The normalized spacial score (nSPS) is 19.1. The first kappa shape index (κ1) is 7.80. The van der Waals surface area contributed by atoms with Crippen molar-refractivity contribution < 1.29 is 0 Å². The van der Waals surface area contributed by atoms with Gasteiger partial charge in [0.1, 0.15) is 0 Å². The third kappa shape index (κ3) is 1.60. The fraction of sp³-hybridized carbons (Fsp3) is 0.778. The molecule has 1 nitrogen and oxygen atoms in total. The van der Waals surface area contributed by atoms with Gasteiger partial charge in [-0.25, -0.2) is 0 Å². The van der Waals surface area contributed by atoms with Crippen molar-refractivity contribution in [2.24, 2.45) is 0 Å². The molecule has 0 fully saturated rings. The highest BCUT2D eigenvalue weighted by Crippen LogP contribution is 2.15. The van der Waals surface area contributed by atoms with Crippen LogP contribution in [0.15, 0.2) is 12.2 Å². The molecule has 0 amide bonds. The second kappa shape index (κ2) is 3.77. The average molecular weight is 139 g/mol. The minimum atomic E-state index is 0.815. The Bertz CT molecular complexity index is 106. The third-order valence-corrected chi connectivity index (χ3v) is 2.31. The van der Waals surface area contributed by atoms with Crippen LogP contribution >= 0.6 is 0 Å². The summed E-state index contributed by atoms with van der Waals surface area (Å²) in [6, 6.07) is 0.815. The lowest BCUT2D eigenvalue weighted by Crippen LogP contribution is -2.32. The van der Waals surface area contributed by atoms with Crippen LogP contribution < -0.4 is 0 Å². The monoisotopic (exact) mass is 139 g/mol. The zero-order valence-corrected chi connectivity index (χ0v) is 7.01. The highest BCUT2D eigenvalue weighted by Gasteiger charge is 2.15. The van der Waals surface area contributed by atoms with Crippen LogP contribution in [0, 0.1) is 0 Å². The second-order valence-electron chi connectivity index (χ2n) is 2.82. The third-order valence-electron chi connectivity index (χ3n) is 2.31.